The van der Waals surface area contributed by atoms with Gasteiger partial charge in [-0.3, -0.25) is 4.79 Å². The second-order valence-electron chi connectivity index (χ2n) is 12.8. The zero-order valence-electron chi connectivity index (χ0n) is 21.2. The predicted molar refractivity (Wildman–Crippen MR) is 130 cm³/mol. The van der Waals surface area contributed by atoms with Crippen molar-refractivity contribution in [3.8, 4) is 0 Å². The summed E-state index contributed by atoms with van der Waals surface area (Å²) in [6, 6.07) is 0. The van der Waals surface area contributed by atoms with Crippen LogP contribution in [-0.2, 0) is 4.79 Å². The van der Waals surface area contributed by atoms with E-state index in [4.69, 9.17) is 0 Å². The Balaban J connectivity index is 1.62. The molecule has 0 spiro atoms. The fourth-order valence-electron chi connectivity index (χ4n) is 8.56. The Morgan fingerprint density at radius 1 is 1.03 bits per heavy atom. The van der Waals surface area contributed by atoms with Crippen molar-refractivity contribution in [1.29, 1.82) is 0 Å². The van der Waals surface area contributed by atoms with E-state index in [1.54, 1.807) is 5.57 Å². The first-order valence-electron chi connectivity index (χ1n) is 13.3. The molecule has 0 aliphatic heterocycles. The summed E-state index contributed by atoms with van der Waals surface area (Å²) in [6.45, 7) is 14.1. The first kappa shape index (κ1) is 24.0. The van der Waals surface area contributed by atoms with E-state index in [1.165, 1.54) is 19.3 Å². The van der Waals surface area contributed by atoms with E-state index in [0.717, 1.165) is 19.3 Å². The minimum Gasteiger partial charge on any atom is -0.481 e. The van der Waals surface area contributed by atoms with Crippen molar-refractivity contribution in [2.24, 2.45) is 51.8 Å². The number of allylic oxidation sites excluding steroid dienone is 4. The molecular weight excluding hydrogens is 396 g/mol. The SMILES string of the molecule is CC(C)[C@@H](C)/C=C/[C@@H](C)[C@H]1CC[C@H]2C3=CC[C@@]4(C(=O)O)C[C@@H](O)CC[C@]4(C)[C@H]3CC[C@]12C. The molecule has 4 rings (SSSR count). The summed E-state index contributed by atoms with van der Waals surface area (Å²) in [5.74, 6) is 2.86. The Morgan fingerprint density at radius 2 is 1.75 bits per heavy atom. The van der Waals surface area contributed by atoms with Gasteiger partial charge >= 0.3 is 5.97 Å². The molecular formula is C29H46O3. The van der Waals surface area contributed by atoms with E-state index in [-0.39, 0.29) is 5.41 Å². The van der Waals surface area contributed by atoms with Gasteiger partial charge in [-0.25, -0.2) is 0 Å². The number of rotatable bonds is 5. The molecule has 4 aliphatic carbocycles. The van der Waals surface area contributed by atoms with Crippen molar-refractivity contribution in [3.63, 3.8) is 0 Å². The van der Waals surface area contributed by atoms with E-state index < -0.39 is 17.5 Å². The first-order chi connectivity index (χ1) is 15.0. The molecule has 3 fully saturated rings. The van der Waals surface area contributed by atoms with Crippen molar-refractivity contribution < 1.29 is 15.0 Å². The number of carboxylic acids is 1. The summed E-state index contributed by atoms with van der Waals surface area (Å²) in [6.07, 6.45) is 14.2. The topological polar surface area (TPSA) is 57.5 Å². The lowest BCUT2D eigenvalue weighted by molar-refractivity contribution is -0.176. The lowest BCUT2D eigenvalue weighted by Crippen LogP contribution is -2.59. The third kappa shape index (κ3) is 3.44. The van der Waals surface area contributed by atoms with Gasteiger partial charge < -0.3 is 10.2 Å². The number of aliphatic hydroxyl groups excluding tert-OH is 1. The molecule has 9 atom stereocenters. The molecule has 0 unspecified atom stereocenters. The maximum Gasteiger partial charge on any atom is 0.310 e. The normalized spacial score (nSPS) is 45.7. The van der Waals surface area contributed by atoms with Crippen LogP contribution in [0.1, 0.15) is 92.9 Å². The Bertz CT molecular complexity index is 796. The molecule has 3 heteroatoms. The Hall–Kier alpha value is -1.09. The molecule has 0 saturated heterocycles. The standard InChI is InChI=1S/C29H46O3/c1-18(2)19(3)7-8-20(4)23-9-10-24-22-12-16-29(26(31)32)17-21(30)11-15-28(29,6)25(22)13-14-27(23,24)5/h7-8,12,18-21,23-25,30H,9-11,13-17H2,1-6H3,(H,31,32)/b8-7+/t19-,20+,21-,23+,24-,25-,27+,28+,29-/m0/s1. The third-order valence-corrected chi connectivity index (χ3v) is 11.1. The quantitative estimate of drug-likeness (QED) is 0.457. The van der Waals surface area contributed by atoms with Gasteiger partial charge in [0.05, 0.1) is 11.5 Å². The maximum absolute atomic E-state index is 12.6. The number of aliphatic hydroxyl groups is 1. The molecule has 180 valence electrons. The van der Waals surface area contributed by atoms with Gasteiger partial charge in [0, 0.05) is 0 Å². The van der Waals surface area contributed by atoms with Gasteiger partial charge in [0.25, 0.3) is 0 Å². The number of aliphatic carboxylic acids is 1. The highest BCUT2D eigenvalue weighted by Crippen LogP contribution is 2.69. The van der Waals surface area contributed by atoms with E-state index in [9.17, 15) is 15.0 Å². The summed E-state index contributed by atoms with van der Waals surface area (Å²) < 4.78 is 0. The minimum absolute atomic E-state index is 0.236. The summed E-state index contributed by atoms with van der Waals surface area (Å²) in [5, 5.41) is 20.7. The summed E-state index contributed by atoms with van der Waals surface area (Å²) in [4.78, 5) is 12.6. The Morgan fingerprint density at radius 3 is 2.41 bits per heavy atom. The van der Waals surface area contributed by atoms with Gasteiger partial charge in [-0.2, -0.15) is 0 Å². The van der Waals surface area contributed by atoms with Crippen LogP contribution in [0.15, 0.2) is 23.8 Å². The van der Waals surface area contributed by atoms with Crippen LogP contribution in [0.5, 0.6) is 0 Å². The Labute approximate surface area is 195 Å². The third-order valence-electron chi connectivity index (χ3n) is 11.1. The highest BCUT2D eigenvalue weighted by molar-refractivity contribution is 5.77. The number of hydrogen-bond donors (Lipinski definition) is 2. The van der Waals surface area contributed by atoms with Crippen LogP contribution < -0.4 is 0 Å². The fourth-order valence-corrected chi connectivity index (χ4v) is 8.56. The van der Waals surface area contributed by atoms with Gasteiger partial charge in [-0.15, -0.1) is 0 Å². The number of carbonyl (C=O) groups is 1. The predicted octanol–water partition coefficient (Wildman–Crippen LogP) is 6.87. The van der Waals surface area contributed by atoms with Crippen LogP contribution in [0.4, 0.5) is 0 Å². The van der Waals surface area contributed by atoms with Gasteiger partial charge in [-0.05, 0) is 97.7 Å². The molecule has 0 radical (unpaired) electrons. The van der Waals surface area contributed by atoms with Crippen molar-refractivity contribution in [1.82, 2.24) is 0 Å². The molecule has 0 amide bonds. The van der Waals surface area contributed by atoms with E-state index >= 15 is 0 Å². The van der Waals surface area contributed by atoms with E-state index in [1.807, 2.05) is 0 Å². The van der Waals surface area contributed by atoms with Gasteiger partial charge in [0.2, 0.25) is 0 Å². The van der Waals surface area contributed by atoms with Crippen LogP contribution in [0.2, 0.25) is 0 Å². The van der Waals surface area contributed by atoms with Crippen molar-refractivity contribution in [2.45, 2.75) is 99.0 Å². The molecule has 32 heavy (non-hydrogen) atoms. The lowest BCUT2D eigenvalue weighted by atomic mass is 9.42. The average molecular weight is 443 g/mol. The molecule has 0 heterocycles. The van der Waals surface area contributed by atoms with Crippen molar-refractivity contribution in [3.05, 3.63) is 23.8 Å². The molecule has 2 N–H and O–H groups in total. The molecule has 0 bridgehead atoms. The van der Waals surface area contributed by atoms with Crippen molar-refractivity contribution in [2.75, 3.05) is 0 Å². The van der Waals surface area contributed by atoms with Gasteiger partial charge in [-0.1, -0.05) is 65.3 Å². The van der Waals surface area contributed by atoms with Gasteiger partial charge in [0.15, 0.2) is 0 Å². The molecule has 3 nitrogen and oxygen atoms in total. The molecule has 0 aromatic heterocycles. The number of carboxylic acid groups (broad SMARTS) is 1. The van der Waals surface area contributed by atoms with Crippen LogP contribution in [-0.4, -0.2) is 22.3 Å². The fraction of sp³-hybridized carbons (Fsp3) is 0.828. The van der Waals surface area contributed by atoms with Gasteiger partial charge in [0.1, 0.15) is 0 Å². The van der Waals surface area contributed by atoms with Crippen molar-refractivity contribution >= 4 is 5.97 Å². The maximum atomic E-state index is 12.6. The smallest absolute Gasteiger partial charge is 0.310 e. The summed E-state index contributed by atoms with van der Waals surface area (Å²) in [7, 11) is 0. The second-order valence-corrected chi connectivity index (χ2v) is 12.8. The number of fused-ring (bicyclic) bond motifs is 5. The zero-order valence-corrected chi connectivity index (χ0v) is 21.2. The molecule has 3 saturated carbocycles. The van der Waals surface area contributed by atoms with E-state index in [0.29, 0.717) is 53.8 Å². The van der Waals surface area contributed by atoms with Crippen LogP contribution in [0, 0.1) is 51.8 Å². The monoisotopic (exact) mass is 442 g/mol. The largest absolute Gasteiger partial charge is 0.481 e. The Kier molecular flexibility index (Phi) is 6.23. The van der Waals surface area contributed by atoms with Crippen LogP contribution in [0.25, 0.3) is 0 Å². The summed E-state index contributed by atoms with van der Waals surface area (Å²) >= 11 is 0. The second kappa shape index (κ2) is 8.29. The van der Waals surface area contributed by atoms with Crippen LogP contribution >= 0.6 is 0 Å². The molecule has 4 aliphatic rings. The van der Waals surface area contributed by atoms with Crippen LogP contribution in [0.3, 0.4) is 0 Å². The lowest BCUT2D eigenvalue weighted by Gasteiger charge is -2.61. The average Bonchev–Trinajstić information content (AvgIpc) is 3.09. The van der Waals surface area contributed by atoms with E-state index in [2.05, 4.69) is 59.8 Å². The summed E-state index contributed by atoms with van der Waals surface area (Å²) in [5.41, 5.74) is 0.873. The molecule has 0 aromatic carbocycles. The first-order valence-corrected chi connectivity index (χ1v) is 13.3. The minimum atomic E-state index is -0.798. The highest BCUT2D eigenvalue weighted by atomic mass is 16.4. The highest BCUT2D eigenvalue weighted by Gasteiger charge is 2.65. The molecule has 0 aromatic rings. The number of hydrogen-bond acceptors (Lipinski definition) is 2. The zero-order chi connectivity index (χ0) is 23.5.